The van der Waals surface area contributed by atoms with Gasteiger partial charge in [0.1, 0.15) is 0 Å². The van der Waals surface area contributed by atoms with Crippen LogP contribution in [0.4, 0.5) is 0 Å². The fourth-order valence-corrected chi connectivity index (χ4v) is 0.553. The zero-order valence-electron chi connectivity index (χ0n) is 4.72. The Labute approximate surface area is 47.6 Å². The lowest BCUT2D eigenvalue weighted by Crippen LogP contribution is -2.35. The highest BCUT2D eigenvalue weighted by atomic mass is 16.6. The molecule has 0 spiro atoms. The maximum atomic E-state index is 10.4. The summed E-state index contributed by atoms with van der Waals surface area (Å²) in [5.41, 5.74) is 0. The van der Waals surface area contributed by atoms with Crippen molar-refractivity contribution in [3.63, 3.8) is 0 Å². The van der Waals surface area contributed by atoms with Gasteiger partial charge in [0.2, 0.25) is 0 Å². The first kappa shape index (κ1) is 5.56. The minimum Gasteiger partial charge on any atom is -0.467 e. The van der Waals surface area contributed by atoms with Crippen molar-refractivity contribution in [2.45, 2.75) is 12.5 Å². The van der Waals surface area contributed by atoms with Crippen molar-refractivity contribution in [1.82, 2.24) is 0 Å². The standard InChI is InChI=1S/C5H8O3/c1-7-5(6)4-2-3-8-4/h4H,2-3H2,1H3/t4-/m0/s1. The van der Waals surface area contributed by atoms with Crippen LogP contribution in [0, 0.1) is 0 Å². The van der Waals surface area contributed by atoms with Gasteiger partial charge in [0.15, 0.2) is 6.10 Å². The molecule has 0 aromatic carbocycles. The fraction of sp³-hybridized carbons (Fsp3) is 0.800. The van der Waals surface area contributed by atoms with E-state index in [4.69, 9.17) is 4.74 Å². The molecule has 0 bridgehead atoms. The minimum absolute atomic E-state index is 0.253. The molecule has 0 radical (unpaired) electrons. The van der Waals surface area contributed by atoms with Gasteiger partial charge >= 0.3 is 5.97 Å². The van der Waals surface area contributed by atoms with Crippen LogP contribution >= 0.6 is 0 Å². The van der Waals surface area contributed by atoms with E-state index in [1.165, 1.54) is 7.11 Å². The molecule has 1 saturated heterocycles. The van der Waals surface area contributed by atoms with Gasteiger partial charge in [-0.25, -0.2) is 4.79 Å². The van der Waals surface area contributed by atoms with Gasteiger partial charge in [0.25, 0.3) is 0 Å². The second-order valence-corrected chi connectivity index (χ2v) is 1.67. The van der Waals surface area contributed by atoms with E-state index in [0.717, 1.165) is 6.42 Å². The molecule has 1 rings (SSSR count). The van der Waals surface area contributed by atoms with Crippen LogP contribution in [0.5, 0.6) is 0 Å². The third kappa shape index (κ3) is 0.816. The van der Waals surface area contributed by atoms with Crippen molar-refractivity contribution in [2.24, 2.45) is 0 Å². The minimum atomic E-state index is -0.264. The molecule has 0 aromatic rings. The smallest absolute Gasteiger partial charge is 0.335 e. The van der Waals surface area contributed by atoms with Crippen LogP contribution < -0.4 is 0 Å². The molecule has 8 heavy (non-hydrogen) atoms. The van der Waals surface area contributed by atoms with Crippen LogP contribution in [0.25, 0.3) is 0 Å². The Morgan fingerprint density at radius 1 is 1.88 bits per heavy atom. The molecule has 3 nitrogen and oxygen atoms in total. The summed E-state index contributed by atoms with van der Waals surface area (Å²) in [5, 5.41) is 0. The van der Waals surface area contributed by atoms with Crippen molar-refractivity contribution in [3.8, 4) is 0 Å². The number of carbonyl (C=O) groups excluding carboxylic acids is 1. The van der Waals surface area contributed by atoms with Gasteiger partial charge in [-0.15, -0.1) is 0 Å². The maximum absolute atomic E-state index is 10.4. The van der Waals surface area contributed by atoms with E-state index in [2.05, 4.69) is 4.74 Å². The van der Waals surface area contributed by atoms with E-state index in [1.54, 1.807) is 0 Å². The van der Waals surface area contributed by atoms with Gasteiger partial charge in [0, 0.05) is 6.42 Å². The van der Waals surface area contributed by atoms with Crippen molar-refractivity contribution < 1.29 is 14.3 Å². The first-order valence-electron chi connectivity index (χ1n) is 2.54. The Hall–Kier alpha value is -0.570. The van der Waals surface area contributed by atoms with E-state index in [0.29, 0.717) is 6.61 Å². The summed E-state index contributed by atoms with van der Waals surface area (Å²) < 4.78 is 9.20. The normalized spacial score (nSPS) is 26.4. The highest BCUT2D eigenvalue weighted by molar-refractivity contribution is 5.75. The van der Waals surface area contributed by atoms with Crippen LogP contribution in [0.15, 0.2) is 0 Å². The van der Waals surface area contributed by atoms with E-state index < -0.39 is 0 Å². The molecule has 1 aliphatic heterocycles. The molecule has 0 N–H and O–H groups in total. The van der Waals surface area contributed by atoms with Crippen LogP contribution in [0.2, 0.25) is 0 Å². The summed E-state index contributed by atoms with van der Waals surface area (Å²) in [7, 11) is 1.37. The van der Waals surface area contributed by atoms with Crippen LogP contribution in [-0.4, -0.2) is 25.8 Å². The molecule has 1 fully saturated rings. The number of esters is 1. The van der Waals surface area contributed by atoms with Gasteiger partial charge in [-0.2, -0.15) is 0 Å². The Balaban J connectivity index is 2.24. The molecule has 0 aliphatic carbocycles. The monoisotopic (exact) mass is 116 g/mol. The van der Waals surface area contributed by atoms with Crippen LogP contribution in [-0.2, 0) is 14.3 Å². The van der Waals surface area contributed by atoms with E-state index >= 15 is 0 Å². The zero-order valence-corrected chi connectivity index (χ0v) is 4.72. The number of ether oxygens (including phenoxy) is 2. The number of methoxy groups -OCH3 is 1. The van der Waals surface area contributed by atoms with Crippen molar-refractivity contribution in [3.05, 3.63) is 0 Å². The van der Waals surface area contributed by atoms with E-state index in [9.17, 15) is 4.79 Å². The molecule has 0 aromatic heterocycles. The first-order valence-corrected chi connectivity index (χ1v) is 2.54. The highest BCUT2D eigenvalue weighted by Crippen LogP contribution is 2.11. The SMILES string of the molecule is COC(=O)[C@@H]1CCO1. The topological polar surface area (TPSA) is 35.5 Å². The second-order valence-electron chi connectivity index (χ2n) is 1.67. The lowest BCUT2D eigenvalue weighted by Gasteiger charge is -2.22. The van der Waals surface area contributed by atoms with E-state index in [1.807, 2.05) is 0 Å². The summed E-state index contributed by atoms with van der Waals surface area (Å²) in [5.74, 6) is -0.253. The third-order valence-corrected chi connectivity index (χ3v) is 1.16. The Bertz CT molecular complexity index is 95.8. The van der Waals surface area contributed by atoms with Crippen LogP contribution in [0.3, 0.4) is 0 Å². The average Bonchev–Trinajstić information content (AvgIpc) is 1.62. The molecular weight excluding hydrogens is 108 g/mol. The molecule has 1 heterocycles. The van der Waals surface area contributed by atoms with Crippen molar-refractivity contribution in [1.29, 1.82) is 0 Å². The van der Waals surface area contributed by atoms with Gasteiger partial charge in [-0.3, -0.25) is 0 Å². The summed E-state index contributed by atoms with van der Waals surface area (Å²) in [4.78, 5) is 10.4. The molecule has 0 saturated carbocycles. The lowest BCUT2D eigenvalue weighted by atomic mass is 10.2. The van der Waals surface area contributed by atoms with Gasteiger partial charge in [-0.1, -0.05) is 0 Å². The largest absolute Gasteiger partial charge is 0.467 e. The Morgan fingerprint density at radius 3 is 2.62 bits per heavy atom. The Kier molecular flexibility index (Phi) is 1.48. The number of rotatable bonds is 1. The van der Waals surface area contributed by atoms with Gasteiger partial charge in [0.05, 0.1) is 13.7 Å². The number of hydrogen-bond acceptors (Lipinski definition) is 3. The first-order chi connectivity index (χ1) is 3.84. The average molecular weight is 116 g/mol. The molecule has 1 aliphatic rings. The fourth-order valence-electron chi connectivity index (χ4n) is 0.553. The molecule has 0 unspecified atom stereocenters. The Morgan fingerprint density at radius 2 is 2.50 bits per heavy atom. The predicted molar refractivity (Wildman–Crippen MR) is 26.4 cm³/mol. The number of carbonyl (C=O) groups is 1. The summed E-state index contributed by atoms with van der Waals surface area (Å²) >= 11 is 0. The van der Waals surface area contributed by atoms with E-state index in [-0.39, 0.29) is 12.1 Å². The summed E-state index contributed by atoms with van der Waals surface area (Å²) in [6.07, 6.45) is 0.548. The predicted octanol–water partition coefficient (Wildman–Crippen LogP) is -0.0517. The summed E-state index contributed by atoms with van der Waals surface area (Å²) in [6.45, 7) is 0.694. The van der Waals surface area contributed by atoms with Crippen LogP contribution in [0.1, 0.15) is 6.42 Å². The number of hydrogen-bond donors (Lipinski definition) is 0. The quantitative estimate of drug-likeness (QED) is 0.450. The highest BCUT2D eigenvalue weighted by Gasteiger charge is 2.26. The lowest BCUT2D eigenvalue weighted by molar-refractivity contribution is -0.166. The molecule has 1 atom stereocenters. The van der Waals surface area contributed by atoms with Gasteiger partial charge < -0.3 is 9.47 Å². The van der Waals surface area contributed by atoms with Crippen molar-refractivity contribution in [2.75, 3.05) is 13.7 Å². The van der Waals surface area contributed by atoms with Gasteiger partial charge in [-0.05, 0) is 0 Å². The van der Waals surface area contributed by atoms with Crippen molar-refractivity contribution >= 4 is 5.97 Å². The maximum Gasteiger partial charge on any atom is 0.335 e. The molecular formula is C5H8O3. The summed E-state index contributed by atoms with van der Waals surface area (Å²) in [6, 6.07) is 0. The second kappa shape index (κ2) is 2.13. The zero-order chi connectivity index (χ0) is 5.98. The molecule has 3 heteroatoms. The third-order valence-electron chi connectivity index (χ3n) is 1.16. The molecule has 0 amide bonds. The molecule has 46 valence electrons.